The van der Waals surface area contributed by atoms with Gasteiger partial charge in [0, 0.05) is 20.1 Å². The van der Waals surface area contributed by atoms with Gasteiger partial charge in [0.25, 0.3) is 5.56 Å². The fourth-order valence-corrected chi connectivity index (χ4v) is 3.41. The van der Waals surface area contributed by atoms with Gasteiger partial charge in [-0.25, -0.2) is 4.79 Å². The van der Waals surface area contributed by atoms with E-state index in [-0.39, 0.29) is 5.56 Å². The lowest BCUT2D eigenvalue weighted by molar-refractivity contribution is 0.565. The number of nitrogens with one attached hydrogen (secondary N) is 2. The molecule has 0 amide bonds. The molecular formula is C21H29N5O2. The predicted molar refractivity (Wildman–Crippen MR) is 113 cm³/mol. The minimum absolute atomic E-state index is 0.385. The Balaban J connectivity index is 1.85. The zero-order valence-electron chi connectivity index (χ0n) is 16.7. The average molecular weight is 383 g/mol. The fraction of sp³-hybridized carbons (Fsp3) is 0.476. The number of aromatic amines is 1. The zero-order chi connectivity index (χ0) is 19.9. The lowest BCUT2D eigenvalue weighted by Crippen LogP contribution is -2.29. The van der Waals surface area contributed by atoms with Crippen molar-refractivity contribution in [2.24, 2.45) is 7.05 Å². The maximum absolute atomic E-state index is 12.5. The quantitative estimate of drug-likeness (QED) is 0.526. The third kappa shape index (κ3) is 4.52. The molecule has 0 unspecified atom stereocenters. The van der Waals surface area contributed by atoms with E-state index in [1.54, 1.807) is 7.05 Å². The van der Waals surface area contributed by atoms with Gasteiger partial charge < -0.3 is 9.88 Å². The maximum atomic E-state index is 12.5. The molecule has 2 heterocycles. The van der Waals surface area contributed by atoms with E-state index in [2.05, 4.69) is 22.2 Å². The molecule has 3 aromatic rings. The summed E-state index contributed by atoms with van der Waals surface area (Å²) in [4.78, 5) is 31.4. The average Bonchev–Trinajstić information content (AvgIpc) is 3.07. The van der Waals surface area contributed by atoms with Crippen molar-refractivity contribution in [2.45, 2.75) is 58.5 Å². The van der Waals surface area contributed by atoms with Crippen molar-refractivity contribution >= 4 is 17.1 Å². The molecule has 7 nitrogen and oxygen atoms in total. The molecule has 150 valence electrons. The van der Waals surface area contributed by atoms with Crippen LogP contribution >= 0.6 is 0 Å². The van der Waals surface area contributed by atoms with Crippen molar-refractivity contribution in [3.05, 3.63) is 56.7 Å². The van der Waals surface area contributed by atoms with Crippen LogP contribution in [0, 0.1) is 0 Å². The molecule has 0 aliphatic rings. The molecule has 2 aromatic heterocycles. The van der Waals surface area contributed by atoms with Crippen LogP contribution in [0.2, 0.25) is 0 Å². The first-order valence-corrected chi connectivity index (χ1v) is 10.1. The van der Waals surface area contributed by atoms with Gasteiger partial charge in [-0.1, -0.05) is 69.4 Å². The second-order valence-electron chi connectivity index (χ2n) is 7.18. The van der Waals surface area contributed by atoms with Gasteiger partial charge in [-0.2, -0.15) is 4.98 Å². The number of nitrogens with zero attached hydrogens (tertiary/aromatic N) is 3. The number of hydrogen-bond donors (Lipinski definition) is 2. The molecule has 0 radical (unpaired) electrons. The van der Waals surface area contributed by atoms with Crippen molar-refractivity contribution in [1.82, 2.24) is 19.1 Å². The molecule has 0 fully saturated rings. The minimum Gasteiger partial charge on any atom is -0.352 e. The maximum Gasteiger partial charge on any atom is 0.329 e. The highest BCUT2D eigenvalue weighted by Gasteiger charge is 2.17. The number of benzene rings is 1. The summed E-state index contributed by atoms with van der Waals surface area (Å²) in [6, 6.07) is 10.0. The Kier molecular flexibility index (Phi) is 6.68. The number of hydrogen-bond acceptors (Lipinski definition) is 4. The van der Waals surface area contributed by atoms with Crippen LogP contribution in [0.1, 0.15) is 51.0 Å². The summed E-state index contributed by atoms with van der Waals surface area (Å²) in [5, 5.41) is 3.34. The first-order valence-electron chi connectivity index (χ1n) is 10.1. The highest BCUT2D eigenvalue weighted by atomic mass is 16.2. The van der Waals surface area contributed by atoms with Crippen LogP contribution < -0.4 is 16.6 Å². The molecule has 28 heavy (non-hydrogen) atoms. The molecule has 0 bridgehead atoms. The molecule has 0 atom stereocenters. The smallest absolute Gasteiger partial charge is 0.329 e. The largest absolute Gasteiger partial charge is 0.352 e. The predicted octanol–water partition coefficient (Wildman–Crippen LogP) is 3.40. The second-order valence-corrected chi connectivity index (χ2v) is 7.18. The highest BCUT2D eigenvalue weighted by molar-refractivity contribution is 5.74. The van der Waals surface area contributed by atoms with Crippen LogP contribution in [-0.4, -0.2) is 19.1 Å². The first kappa shape index (κ1) is 19.9. The van der Waals surface area contributed by atoms with Crippen molar-refractivity contribution in [3.8, 4) is 0 Å². The number of fused-ring (bicyclic) bond motifs is 1. The van der Waals surface area contributed by atoms with Crippen molar-refractivity contribution in [3.63, 3.8) is 0 Å². The summed E-state index contributed by atoms with van der Waals surface area (Å²) in [5.74, 6) is 0.624. The number of aryl methyl sites for hydroxylation is 2. The minimum atomic E-state index is -0.448. The normalized spacial score (nSPS) is 11.2. The number of H-pyrrole nitrogens is 1. The molecule has 0 spiro atoms. The van der Waals surface area contributed by atoms with E-state index in [0.29, 0.717) is 30.2 Å². The fourth-order valence-electron chi connectivity index (χ4n) is 3.41. The van der Waals surface area contributed by atoms with E-state index in [9.17, 15) is 9.59 Å². The molecule has 0 saturated heterocycles. The van der Waals surface area contributed by atoms with Crippen LogP contribution in [0.3, 0.4) is 0 Å². The van der Waals surface area contributed by atoms with Gasteiger partial charge in [0.1, 0.15) is 0 Å². The van der Waals surface area contributed by atoms with E-state index < -0.39 is 5.69 Å². The molecule has 3 rings (SSSR count). The number of unbranched alkanes of at least 4 members (excludes halogenated alkanes) is 5. The molecule has 0 aliphatic carbocycles. The van der Waals surface area contributed by atoms with Gasteiger partial charge in [-0.3, -0.25) is 14.3 Å². The topological polar surface area (TPSA) is 84.7 Å². The monoisotopic (exact) mass is 383 g/mol. The van der Waals surface area contributed by atoms with E-state index in [0.717, 1.165) is 18.4 Å². The summed E-state index contributed by atoms with van der Waals surface area (Å²) in [6.45, 7) is 3.51. The Bertz CT molecular complexity index is 1020. The highest BCUT2D eigenvalue weighted by Crippen LogP contribution is 2.18. The van der Waals surface area contributed by atoms with Gasteiger partial charge in [0.05, 0.1) is 0 Å². The lowest BCUT2D eigenvalue weighted by Gasteiger charge is -2.10. The van der Waals surface area contributed by atoms with Gasteiger partial charge in [-0.15, -0.1) is 0 Å². The van der Waals surface area contributed by atoms with Crippen LogP contribution in [0.4, 0.5) is 5.95 Å². The first-order chi connectivity index (χ1) is 13.6. The van der Waals surface area contributed by atoms with Crippen molar-refractivity contribution in [1.29, 1.82) is 0 Å². The van der Waals surface area contributed by atoms with Crippen LogP contribution in [0.5, 0.6) is 0 Å². The lowest BCUT2D eigenvalue weighted by atomic mass is 10.1. The molecule has 7 heteroatoms. The second kappa shape index (κ2) is 9.39. The molecular weight excluding hydrogens is 354 g/mol. The number of rotatable bonds is 10. The Hall–Kier alpha value is -2.83. The summed E-state index contributed by atoms with van der Waals surface area (Å²) in [5.41, 5.74) is 1.16. The van der Waals surface area contributed by atoms with E-state index >= 15 is 0 Å². The van der Waals surface area contributed by atoms with Crippen LogP contribution in [-0.2, 0) is 20.1 Å². The van der Waals surface area contributed by atoms with E-state index in [4.69, 9.17) is 0 Å². The summed E-state index contributed by atoms with van der Waals surface area (Å²) >= 11 is 0. The third-order valence-electron chi connectivity index (χ3n) is 5.04. The van der Waals surface area contributed by atoms with Crippen molar-refractivity contribution in [2.75, 3.05) is 5.32 Å². The van der Waals surface area contributed by atoms with E-state index in [1.807, 2.05) is 34.9 Å². The molecule has 0 saturated carbocycles. The summed E-state index contributed by atoms with van der Waals surface area (Å²) in [7, 11) is 1.63. The van der Waals surface area contributed by atoms with Gasteiger partial charge in [0.2, 0.25) is 5.95 Å². The van der Waals surface area contributed by atoms with Gasteiger partial charge in [0.15, 0.2) is 11.2 Å². The molecule has 0 aliphatic heterocycles. The Morgan fingerprint density at radius 2 is 1.75 bits per heavy atom. The number of imidazole rings is 1. The molecule has 1 aromatic carbocycles. The van der Waals surface area contributed by atoms with Gasteiger partial charge >= 0.3 is 5.69 Å². The Labute approximate surface area is 164 Å². The van der Waals surface area contributed by atoms with Crippen LogP contribution in [0.25, 0.3) is 11.2 Å². The summed E-state index contributed by atoms with van der Waals surface area (Å²) < 4.78 is 3.30. The zero-order valence-corrected chi connectivity index (χ0v) is 16.7. The van der Waals surface area contributed by atoms with E-state index in [1.165, 1.54) is 30.3 Å². The Morgan fingerprint density at radius 1 is 1.04 bits per heavy atom. The molecule has 2 N–H and O–H groups in total. The van der Waals surface area contributed by atoms with Crippen molar-refractivity contribution < 1.29 is 0 Å². The Morgan fingerprint density at radius 3 is 2.50 bits per heavy atom. The number of aromatic nitrogens is 4. The van der Waals surface area contributed by atoms with Gasteiger partial charge in [-0.05, 0) is 12.0 Å². The number of anilines is 1. The third-order valence-corrected chi connectivity index (χ3v) is 5.04. The standard InChI is InChI=1S/C21H29N5O2/c1-3-4-5-6-7-11-14-26-17-18(25(2)21(28)24-19(17)27)23-20(26)22-15-16-12-9-8-10-13-16/h8-10,12-13H,3-7,11,14-15H2,1-2H3,(H,22,23)(H,24,27,28). The van der Waals surface area contributed by atoms with Crippen LogP contribution in [0.15, 0.2) is 39.9 Å². The SMILES string of the molecule is CCCCCCCCn1c(NCc2ccccc2)nc2c1c(=O)[nH]c(=O)n2C. The summed E-state index contributed by atoms with van der Waals surface area (Å²) in [6.07, 6.45) is 7.01.